The van der Waals surface area contributed by atoms with Gasteiger partial charge in [-0.3, -0.25) is 19.5 Å². The lowest BCUT2D eigenvalue weighted by Gasteiger charge is -2.21. The van der Waals surface area contributed by atoms with Crippen LogP contribution in [0.4, 0.5) is 5.69 Å². The van der Waals surface area contributed by atoms with E-state index in [0.717, 1.165) is 22.6 Å². The highest BCUT2D eigenvalue weighted by atomic mass is 32.2. The molecule has 9 heteroatoms. The molecular weight excluding hydrogens is 506 g/mol. The van der Waals surface area contributed by atoms with Crippen LogP contribution >= 0.6 is 24.0 Å². The Labute approximate surface area is 224 Å². The first-order valence-electron chi connectivity index (χ1n) is 11.5. The van der Waals surface area contributed by atoms with Gasteiger partial charge in [-0.25, -0.2) is 0 Å². The number of amides is 1. The third-order valence-corrected chi connectivity index (χ3v) is 7.22. The molecule has 0 aromatic heterocycles. The van der Waals surface area contributed by atoms with E-state index < -0.39 is 5.97 Å². The van der Waals surface area contributed by atoms with Gasteiger partial charge < -0.3 is 9.47 Å². The van der Waals surface area contributed by atoms with Crippen LogP contribution in [-0.2, 0) is 9.59 Å². The van der Waals surface area contributed by atoms with E-state index >= 15 is 0 Å². The van der Waals surface area contributed by atoms with Crippen LogP contribution in [-0.4, -0.2) is 34.0 Å². The van der Waals surface area contributed by atoms with E-state index in [1.807, 2.05) is 59.6 Å². The van der Waals surface area contributed by atoms with Crippen LogP contribution in [0.5, 0.6) is 11.5 Å². The third kappa shape index (κ3) is 5.28. The van der Waals surface area contributed by atoms with Crippen LogP contribution in [0, 0.1) is 0 Å². The minimum absolute atomic E-state index is 0.100. The highest BCUT2D eigenvalue weighted by molar-refractivity contribution is 8.27. The van der Waals surface area contributed by atoms with Crippen molar-refractivity contribution in [2.45, 2.75) is 19.4 Å². The third-order valence-electron chi connectivity index (χ3n) is 5.93. The average molecular weight is 530 g/mol. The molecule has 0 saturated carbocycles. The van der Waals surface area contributed by atoms with Crippen LogP contribution in [0.25, 0.3) is 0 Å². The molecule has 37 heavy (non-hydrogen) atoms. The molecule has 5 rings (SSSR count). The van der Waals surface area contributed by atoms with Crippen molar-refractivity contribution in [3.8, 4) is 11.5 Å². The number of esters is 1. The fraction of sp³-hybridized carbons (Fsp3) is 0.143. The lowest BCUT2D eigenvalue weighted by Crippen LogP contribution is -2.28. The quantitative estimate of drug-likeness (QED) is 0.176. The topological polar surface area (TPSA) is 71.4 Å². The maximum Gasteiger partial charge on any atom is 0.308 e. The normalized spacial score (nSPS) is 18.4. The SMILES string of the molecule is COc1ccc(C2CC(c3ccccc3)=NN2/C=C2\SC(=S)N(c3cccc(OC(C)=O)c3)C2=O)cc1. The number of carbonyl (C=O) groups is 2. The van der Waals surface area contributed by atoms with Crippen molar-refractivity contribution in [1.29, 1.82) is 0 Å². The molecule has 2 heterocycles. The standard InChI is InChI=1S/C28H23N3O4S2/c1-18(32)35-23-10-6-9-21(15-23)31-27(33)26(37-28(31)36)17-30-25(20-11-13-22(34-2)14-12-20)16-24(29-30)19-7-4-3-5-8-19/h3-15,17,25H,16H2,1-2H3/b26-17-. The van der Waals surface area contributed by atoms with Crippen LogP contribution in [0.15, 0.2) is 95.1 Å². The number of hydrogen-bond donors (Lipinski definition) is 0. The molecule has 0 bridgehead atoms. The summed E-state index contributed by atoms with van der Waals surface area (Å²) < 4.78 is 10.9. The summed E-state index contributed by atoms with van der Waals surface area (Å²) >= 11 is 6.76. The molecule has 0 aliphatic carbocycles. The van der Waals surface area contributed by atoms with E-state index in [9.17, 15) is 9.59 Å². The number of nitrogens with zero attached hydrogens (tertiary/aromatic N) is 3. The number of ether oxygens (including phenoxy) is 2. The zero-order valence-electron chi connectivity index (χ0n) is 20.2. The number of carbonyl (C=O) groups excluding carboxylic acids is 2. The van der Waals surface area contributed by atoms with Gasteiger partial charge in [-0.15, -0.1) is 0 Å². The largest absolute Gasteiger partial charge is 0.497 e. The highest BCUT2D eigenvalue weighted by Crippen LogP contribution is 2.39. The molecule has 3 aromatic rings. The Hall–Kier alpha value is -3.95. The monoisotopic (exact) mass is 529 g/mol. The van der Waals surface area contributed by atoms with Gasteiger partial charge in [0.1, 0.15) is 11.5 Å². The molecule has 1 unspecified atom stereocenters. The fourth-order valence-corrected chi connectivity index (χ4v) is 5.47. The van der Waals surface area contributed by atoms with Gasteiger partial charge in [0, 0.05) is 25.6 Å². The molecule has 2 aliphatic heterocycles. The molecule has 0 radical (unpaired) electrons. The van der Waals surface area contributed by atoms with Gasteiger partial charge in [0.05, 0.1) is 29.5 Å². The Morgan fingerprint density at radius 1 is 1.05 bits per heavy atom. The maximum absolute atomic E-state index is 13.5. The van der Waals surface area contributed by atoms with Gasteiger partial charge in [-0.05, 0) is 35.4 Å². The summed E-state index contributed by atoms with van der Waals surface area (Å²) in [5, 5.41) is 6.72. The summed E-state index contributed by atoms with van der Waals surface area (Å²) in [5.41, 5.74) is 3.55. The lowest BCUT2D eigenvalue weighted by molar-refractivity contribution is -0.131. The Balaban J connectivity index is 1.47. The second kappa shape index (κ2) is 10.6. The molecular formula is C28H23N3O4S2. The van der Waals surface area contributed by atoms with E-state index in [0.29, 0.717) is 27.1 Å². The number of hydrogen-bond acceptors (Lipinski definition) is 8. The van der Waals surface area contributed by atoms with Gasteiger partial charge in [-0.1, -0.05) is 72.5 Å². The van der Waals surface area contributed by atoms with Gasteiger partial charge in [0.15, 0.2) is 4.32 Å². The van der Waals surface area contributed by atoms with Crippen molar-refractivity contribution in [3.05, 3.63) is 101 Å². The number of thioether (sulfide) groups is 1. The fourth-order valence-electron chi connectivity index (χ4n) is 4.20. The number of hydrazone groups is 1. The molecule has 1 amide bonds. The highest BCUT2D eigenvalue weighted by Gasteiger charge is 2.36. The van der Waals surface area contributed by atoms with Gasteiger partial charge in [-0.2, -0.15) is 5.10 Å². The predicted molar refractivity (Wildman–Crippen MR) is 149 cm³/mol. The zero-order valence-corrected chi connectivity index (χ0v) is 21.8. The van der Waals surface area contributed by atoms with Crippen molar-refractivity contribution in [2.24, 2.45) is 5.10 Å². The second-order valence-corrected chi connectivity index (χ2v) is 10.1. The minimum atomic E-state index is -0.437. The Kier molecular flexibility index (Phi) is 7.07. The van der Waals surface area contributed by atoms with E-state index in [1.165, 1.54) is 23.6 Å². The Morgan fingerprint density at radius 3 is 2.51 bits per heavy atom. The summed E-state index contributed by atoms with van der Waals surface area (Å²) in [6.07, 6.45) is 2.44. The lowest BCUT2D eigenvalue weighted by atomic mass is 9.98. The molecule has 0 spiro atoms. The smallest absolute Gasteiger partial charge is 0.308 e. The number of anilines is 1. The second-order valence-electron chi connectivity index (χ2n) is 8.38. The first-order chi connectivity index (χ1) is 17.9. The van der Waals surface area contributed by atoms with Gasteiger partial charge >= 0.3 is 5.97 Å². The minimum Gasteiger partial charge on any atom is -0.497 e. The average Bonchev–Trinajstić information content (AvgIpc) is 3.44. The van der Waals surface area contributed by atoms with Crippen molar-refractivity contribution in [2.75, 3.05) is 12.0 Å². The van der Waals surface area contributed by atoms with Crippen molar-refractivity contribution >= 4 is 51.6 Å². The molecule has 7 nitrogen and oxygen atoms in total. The summed E-state index contributed by atoms with van der Waals surface area (Å²) in [4.78, 5) is 26.7. The summed E-state index contributed by atoms with van der Waals surface area (Å²) in [6.45, 7) is 1.33. The summed E-state index contributed by atoms with van der Waals surface area (Å²) in [5.74, 6) is 0.425. The maximum atomic E-state index is 13.5. The zero-order chi connectivity index (χ0) is 25.9. The van der Waals surface area contributed by atoms with Gasteiger partial charge in [0.25, 0.3) is 5.91 Å². The van der Waals surface area contributed by atoms with Crippen molar-refractivity contribution in [3.63, 3.8) is 0 Å². The van der Waals surface area contributed by atoms with E-state index in [4.69, 9.17) is 26.8 Å². The van der Waals surface area contributed by atoms with Gasteiger partial charge in [0.2, 0.25) is 0 Å². The predicted octanol–water partition coefficient (Wildman–Crippen LogP) is 5.68. The first-order valence-corrected chi connectivity index (χ1v) is 12.8. The molecule has 186 valence electrons. The van der Waals surface area contributed by atoms with E-state index in [1.54, 1.807) is 37.6 Å². The molecule has 1 saturated heterocycles. The van der Waals surface area contributed by atoms with Crippen LogP contribution in [0.3, 0.4) is 0 Å². The van der Waals surface area contributed by atoms with Crippen LogP contribution in [0.2, 0.25) is 0 Å². The first kappa shape index (κ1) is 24.7. The van der Waals surface area contributed by atoms with E-state index in [-0.39, 0.29) is 11.9 Å². The number of rotatable bonds is 6. The van der Waals surface area contributed by atoms with Crippen LogP contribution in [0.1, 0.15) is 30.5 Å². The van der Waals surface area contributed by atoms with Crippen LogP contribution < -0.4 is 14.4 Å². The molecule has 1 fully saturated rings. The summed E-state index contributed by atoms with van der Waals surface area (Å²) in [7, 11) is 1.64. The molecule has 0 N–H and O–H groups in total. The van der Waals surface area contributed by atoms with Crippen molar-refractivity contribution in [1.82, 2.24) is 5.01 Å². The molecule has 1 atom stereocenters. The summed E-state index contributed by atoms with van der Waals surface area (Å²) in [6, 6.07) is 24.5. The van der Waals surface area contributed by atoms with E-state index in [2.05, 4.69) is 0 Å². The number of methoxy groups -OCH3 is 1. The van der Waals surface area contributed by atoms with Crippen molar-refractivity contribution < 1.29 is 19.1 Å². The molecule has 2 aliphatic rings. The Bertz CT molecular complexity index is 1420. The molecule has 3 aromatic carbocycles. The Morgan fingerprint density at radius 2 is 1.81 bits per heavy atom. The number of benzene rings is 3. The number of thiocarbonyl (C=S) groups is 1.